The lowest BCUT2D eigenvalue weighted by atomic mass is 9.93. The fraction of sp³-hybridized carbons (Fsp3) is 0.786. The van der Waals surface area contributed by atoms with E-state index in [1.165, 1.54) is 6.08 Å². The molecule has 2 atom stereocenters. The molecule has 20 heavy (non-hydrogen) atoms. The summed E-state index contributed by atoms with van der Waals surface area (Å²) in [6, 6.07) is 0.263. The summed E-state index contributed by atoms with van der Waals surface area (Å²) < 4.78 is 44.1. The summed E-state index contributed by atoms with van der Waals surface area (Å²) in [7, 11) is 1.14. The predicted octanol–water partition coefficient (Wildman–Crippen LogP) is 3.32. The van der Waals surface area contributed by atoms with Gasteiger partial charge < -0.3 is 10.1 Å². The fourth-order valence-corrected chi connectivity index (χ4v) is 2.32. The predicted molar refractivity (Wildman–Crippen MR) is 73.9 cm³/mol. The van der Waals surface area contributed by atoms with E-state index in [1.807, 2.05) is 6.92 Å². The molecule has 2 unspecified atom stereocenters. The Kier molecular flexibility index (Phi) is 6.52. The van der Waals surface area contributed by atoms with E-state index < -0.39 is 11.9 Å². The average Bonchev–Trinajstić information content (AvgIpc) is 2.36. The third kappa shape index (κ3) is 4.81. The van der Waals surface area contributed by atoms with Crippen molar-refractivity contribution in [3.05, 3.63) is 11.8 Å². The van der Waals surface area contributed by atoms with Crippen LogP contribution in [0.5, 0.6) is 0 Å². The molecule has 0 amide bonds. The Balaban J connectivity index is 2.71. The molecule has 116 valence electrons. The minimum Gasteiger partial charge on any atom is -0.491 e. The second kappa shape index (κ2) is 7.67. The fourth-order valence-electron chi connectivity index (χ4n) is 2.32. The Morgan fingerprint density at radius 3 is 2.65 bits per heavy atom. The lowest BCUT2D eigenvalue weighted by Crippen LogP contribution is -2.41. The van der Waals surface area contributed by atoms with Crippen molar-refractivity contribution in [3.8, 4) is 0 Å². The molecule has 1 aliphatic heterocycles. The quantitative estimate of drug-likeness (QED) is 0.623. The van der Waals surface area contributed by atoms with E-state index in [-0.39, 0.29) is 24.3 Å². The summed E-state index contributed by atoms with van der Waals surface area (Å²) in [5, 5.41) is 3.31. The molecule has 0 aromatic heterocycles. The zero-order chi connectivity index (χ0) is 15.2. The van der Waals surface area contributed by atoms with Crippen molar-refractivity contribution in [2.75, 3.05) is 20.2 Å². The first-order valence-corrected chi connectivity index (χ1v) is 7.00. The van der Waals surface area contributed by atoms with Crippen LogP contribution in [0.1, 0.15) is 33.1 Å². The maximum absolute atomic E-state index is 12.9. The average molecular weight is 292 g/mol. The topological polar surface area (TPSA) is 33.6 Å². The zero-order valence-corrected chi connectivity index (χ0v) is 12.3. The van der Waals surface area contributed by atoms with Crippen molar-refractivity contribution in [1.29, 1.82) is 0 Å². The van der Waals surface area contributed by atoms with Crippen LogP contribution in [0.25, 0.3) is 0 Å². The van der Waals surface area contributed by atoms with Crippen molar-refractivity contribution in [1.82, 2.24) is 5.32 Å². The van der Waals surface area contributed by atoms with Gasteiger partial charge in [0.25, 0.3) is 0 Å². The molecule has 1 saturated heterocycles. The van der Waals surface area contributed by atoms with E-state index in [9.17, 15) is 13.2 Å². The Labute approximate surface area is 118 Å². The van der Waals surface area contributed by atoms with Gasteiger partial charge in [-0.15, -0.1) is 0 Å². The second-order valence-corrected chi connectivity index (χ2v) is 5.00. The molecular formula is C14H23F3N2O. The van der Waals surface area contributed by atoms with Crippen LogP contribution >= 0.6 is 0 Å². The van der Waals surface area contributed by atoms with Gasteiger partial charge >= 0.3 is 6.18 Å². The SMILES string of the molecule is CC/C=C(/OCC1CCCNC1C)C(=NC)C(F)(F)F. The first-order valence-electron chi connectivity index (χ1n) is 7.00. The molecule has 0 spiro atoms. The largest absolute Gasteiger partial charge is 0.491 e. The van der Waals surface area contributed by atoms with Crippen molar-refractivity contribution in [2.45, 2.75) is 45.3 Å². The maximum Gasteiger partial charge on any atom is 0.436 e. The van der Waals surface area contributed by atoms with Crippen LogP contribution in [0.2, 0.25) is 0 Å². The normalized spacial score (nSPS) is 25.7. The first kappa shape index (κ1) is 17.0. The lowest BCUT2D eigenvalue weighted by Gasteiger charge is -2.30. The number of hydrogen-bond acceptors (Lipinski definition) is 3. The highest BCUT2D eigenvalue weighted by Gasteiger charge is 2.39. The van der Waals surface area contributed by atoms with Gasteiger partial charge in [0, 0.05) is 19.0 Å². The van der Waals surface area contributed by atoms with E-state index in [2.05, 4.69) is 10.3 Å². The van der Waals surface area contributed by atoms with Crippen molar-refractivity contribution < 1.29 is 17.9 Å². The van der Waals surface area contributed by atoms with Crippen LogP contribution < -0.4 is 5.32 Å². The van der Waals surface area contributed by atoms with E-state index in [0.717, 1.165) is 26.4 Å². The van der Waals surface area contributed by atoms with Gasteiger partial charge in [0.2, 0.25) is 0 Å². The summed E-state index contributed by atoms with van der Waals surface area (Å²) in [5.41, 5.74) is -0.934. The molecule has 0 aromatic rings. The number of aliphatic imine (C=N–C) groups is 1. The molecule has 0 radical (unpaired) electrons. The van der Waals surface area contributed by atoms with Crippen molar-refractivity contribution in [3.63, 3.8) is 0 Å². The third-order valence-corrected chi connectivity index (χ3v) is 3.49. The smallest absolute Gasteiger partial charge is 0.436 e. The number of hydrogen-bond donors (Lipinski definition) is 1. The molecule has 0 saturated carbocycles. The van der Waals surface area contributed by atoms with Gasteiger partial charge in [-0.2, -0.15) is 13.2 Å². The number of ether oxygens (including phenoxy) is 1. The summed E-state index contributed by atoms with van der Waals surface area (Å²) in [5.74, 6) is 0.0793. The zero-order valence-electron chi connectivity index (χ0n) is 12.3. The number of piperidine rings is 1. The van der Waals surface area contributed by atoms with Crippen LogP contribution in [-0.2, 0) is 4.74 Å². The van der Waals surface area contributed by atoms with Crippen LogP contribution in [0.3, 0.4) is 0 Å². The number of nitrogens with zero attached hydrogens (tertiary/aromatic N) is 1. The Morgan fingerprint density at radius 1 is 1.45 bits per heavy atom. The molecular weight excluding hydrogens is 269 g/mol. The number of nitrogens with one attached hydrogen (secondary N) is 1. The van der Waals surface area contributed by atoms with Gasteiger partial charge in [0.05, 0.1) is 6.61 Å². The minimum absolute atomic E-state index is 0.153. The van der Waals surface area contributed by atoms with Gasteiger partial charge in [0.15, 0.2) is 5.71 Å². The number of alkyl halides is 3. The Bertz CT molecular complexity index is 364. The molecule has 0 aromatic carbocycles. The molecule has 1 N–H and O–H groups in total. The van der Waals surface area contributed by atoms with E-state index in [4.69, 9.17) is 4.74 Å². The van der Waals surface area contributed by atoms with E-state index >= 15 is 0 Å². The third-order valence-electron chi connectivity index (χ3n) is 3.49. The van der Waals surface area contributed by atoms with Crippen molar-refractivity contribution in [2.24, 2.45) is 10.9 Å². The Morgan fingerprint density at radius 2 is 2.15 bits per heavy atom. The number of halogens is 3. The van der Waals surface area contributed by atoms with E-state index in [0.29, 0.717) is 6.42 Å². The molecule has 1 rings (SSSR count). The molecule has 6 heteroatoms. The second-order valence-electron chi connectivity index (χ2n) is 5.00. The molecule has 0 aliphatic carbocycles. The van der Waals surface area contributed by atoms with Crippen molar-refractivity contribution >= 4 is 5.71 Å². The first-order chi connectivity index (χ1) is 9.40. The minimum atomic E-state index is -4.48. The van der Waals surface area contributed by atoms with Gasteiger partial charge in [0.1, 0.15) is 5.76 Å². The van der Waals surface area contributed by atoms with Gasteiger partial charge in [-0.05, 0) is 38.8 Å². The van der Waals surface area contributed by atoms with Crippen LogP contribution in [0.4, 0.5) is 13.2 Å². The van der Waals surface area contributed by atoms with Gasteiger partial charge in [-0.3, -0.25) is 4.99 Å². The molecule has 1 aliphatic rings. The summed E-state index contributed by atoms with van der Waals surface area (Å²) >= 11 is 0. The van der Waals surface area contributed by atoms with Crippen LogP contribution in [0, 0.1) is 5.92 Å². The van der Waals surface area contributed by atoms with Gasteiger partial charge in [-0.1, -0.05) is 6.92 Å². The summed E-state index contributed by atoms with van der Waals surface area (Å²) in [4.78, 5) is 3.34. The highest BCUT2D eigenvalue weighted by atomic mass is 19.4. The highest BCUT2D eigenvalue weighted by molar-refractivity contribution is 6.02. The maximum atomic E-state index is 12.9. The number of allylic oxidation sites excluding steroid dienone is 2. The summed E-state index contributed by atoms with van der Waals surface area (Å²) in [6.45, 7) is 5.06. The van der Waals surface area contributed by atoms with Crippen LogP contribution in [-0.4, -0.2) is 38.1 Å². The molecule has 1 fully saturated rings. The molecule has 3 nitrogen and oxygen atoms in total. The standard InChI is InChI=1S/C14H23F3N2O/c1-4-6-12(13(18-3)14(15,16)17)20-9-11-7-5-8-19-10(11)2/h6,10-11,19H,4-5,7-9H2,1-3H3/b12-6+,18-13?. The lowest BCUT2D eigenvalue weighted by molar-refractivity contribution is -0.0611. The van der Waals surface area contributed by atoms with Crippen LogP contribution in [0.15, 0.2) is 16.8 Å². The molecule has 1 heterocycles. The van der Waals surface area contributed by atoms with Gasteiger partial charge in [-0.25, -0.2) is 0 Å². The summed E-state index contributed by atoms with van der Waals surface area (Å²) in [6.07, 6.45) is -0.566. The number of rotatable bonds is 5. The molecule has 0 bridgehead atoms. The highest BCUT2D eigenvalue weighted by Crippen LogP contribution is 2.25. The van der Waals surface area contributed by atoms with E-state index in [1.54, 1.807) is 6.92 Å². The Hall–Kier alpha value is -1.04. The monoisotopic (exact) mass is 292 g/mol.